The lowest BCUT2D eigenvalue weighted by atomic mass is 10.1. The number of hydrogen-bond donors (Lipinski definition) is 0. The van der Waals surface area contributed by atoms with Crippen LogP contribution < -0.4 is 9.64 Å². The van der Waals surface area contributed by atoms with Crippen LogP contribution in [0.3, 0.4) is 0 Å². The highest BCUT2D eigenvalue weighted by molar-refractivity contribution is 6.00. The maximum atomic E-state index is 11.3. The van der Waals surface area contributed by atoms with Gasteiger partial charge in [-0.1, -0.05) is 19.1 Å². The number of para-hydroxylation sites is 2. The lowest BCUT2D eigenvalue weighted by molar-refractivity contribution is -0.122. The van der Waals surface area contributed by atoms with Crippen LogP contribution in [0.25, 0.3) is 0 Å². The van der Waals surface area contributed by atoms with Gasteiger partial charge in [-0.3, -0.25) is 4.79 Å². The number of carbonyl (C=O) groups is 1. The van der Waals surface area contributed by atoms with Gasteiger partial charge >= 0.3 is 0 Å². The first kappa shape index (κ1) is 10.0. The Morgan fingerprint density at radius 3 is 2.80 bits per heavy atom. The molecule has 0 N–H and O–H groups in total. The molecule has 1 aromatic carbocycles. The smallest absolute Gasteiger partial charge is 0.228 e. The van der Waals surface area contributed by atoms with Crippen molar-refractivity contribution in [1.29, 1.82) is 0 Å². The van der Waals surface area contributed by atoms with Crippen LogP contribution in [-0.2, 0) is 4.79 Å². The first-order valence-corrected chi connectivity index (χ1v) is 5.35. The highest BCUT2D eigenvalue weighted by atomic mass is 16.5. The summed E-state index contributed by atoms with van der Waals surface area (Å²) in [6, 6.07) is 7.71. The van der Waals surface area contributed by atoms with Crippen molar-refractivity contribution in [1.82, 2.24) is 0 Å². The van der Waals surface area contributed by atoms with Crippen molar-refractivity contribution >= 4 is 11.6 Å². The maximum Gasteiger partial charge on any atom is 0.228 e. The molecule has 1 amide bonds. The maximum absolute atomic E-state index is 11.3. The van der Waals surface area contributed by atoms with Gasteiger partial charge in [0.2, 0.25) is 5.91 Å². The van der Waals surface area contributed by atoms with Gasteiger partial charge in [0.15, 0.2) is 0 Å². The standard InChI is InChI=1S/C12H15NO2/c1-2-9-15-11-6-4-3-5-10(11)13-8-7-12(13)14/h3-6H,2,7-9H2,1H3. The lowest BCUT2D eigenvalue weighted by Gasteiger charge is -2.31. The highest BCUT2D eigenvalue weighted by Gasteiger charge is 2.27. The van der Waals surface area contributed by atoms with E-state index in [1.807, 2.05) is 24.3 Å². The van der Waals surface area contributed by atoms with Crippen LogP contribution in [0.1, 0.15) is 19.8 Å². The van der Waals surface area contributed by atoms with Gasteiger partial charge in [0.05, 0.1) is 12.3 Å². The molecule has 0 bridgehead atoms. The summed E-state index contributed by atoms with van der Waals surface area (Å²) in [5.41, 5.74) is 0.905. The summed E-state index contributed by atoms with van der Waals surface area (Å²) in [6.07, 6.45) is 1.63. The molecule has 1 heterocycles. The summed E-state index contributed by atoms with van der Waals surface area (Å²) >= 11 is 0. The predicted octanol–water partition coefficient (Wildman–Crippen LogP) is 2.21. The molecule has 1 aliphatic rings. The Balaban J connectivity index is 2.17. The summed E-state index contributed by atoms with van der Waals surface area (Å²) in [4.78, 5) is 13.1. The number of hydrogen-bond acceptors (Lipinski definition) is 2. The van der Waals surface area contributed by atoms with Crippen molar-refractivity contribution in [3.05, 3.63) is 24.3 Å². The summed E-state index contributed by atoms with van der Waals surface area (Å²) in [6.45, 7) is 3.57. The Labute approximate surface area is 89.7 Å². The summed E-state index contributed by atoms with van der Waals surface area (Å²) < 4.78 is 5.60. The van der Waals surface area contributed by atoms with Gasteiger partial charge in [0.25, 0.3) is 0 Å². The quantitative estimate of drug-likeness (QED) is 0.705. The van der Waals surface area contributed by atoms with E-state index in [2.05, 4.69) is 6.92 Å². The van der Waals surface area contributed by atoms with Gasteiger partial charge in [-0.2, -0.15) is 0 Å². The van der Waals surface area contributed by atoms with E-state index in [0.29, 0.717) is 13.0 Å². The van der Waals surface area contributed by atoms with Crippen LogP contribution in [0.5, 0.6) is 5.75 Å². The molecule has 1 saturated heterocycles. The molecule has 1 aromatic rings. The van der Waals surface area contributed by atoms with E-state index < -0.39 is 0 Å². The molecular weight excluding hydrogens is 190 g/mol. The minimum Gasteiger partial charge on any atom is -0.491 e. The van der Waals surface area contributed by atoms with Crippen LogP contribution in [0, 0.1) is 0 Å². The predicted molar refractivity (Wildman–Crippen MR) is 59.2 cm³/mol. The lowest BCUT2D eigenvalue weighted by Crippen LogP contribution is -2.43. The van der Waals surface area contributed by atoms with Crippen LogP contribution in [0.15, 0.2) is 24.3 Å². The van der Waals surface area contributed by atoms with E-state index in [-0.39, 0.29) is 5.91 Å². The van der Waals surface area contributed by atoms with Crippen LogP contribution >= 0.6 is 0 Å². The van der Waals surface area contributed by atoms with Crippen molar-refractivity contribution in [3.8, 4) is 5.75 Å². The molecule has 2 rings (SSSR count). The molecule has 0 atom stereocenters. The molecule has 0 aliphatic carbocycles. The first-order chi connectivity index (χ1) is 7.33. The van der Waals surface area contributed by atoms with E-state index in [4.69, 9.17) is 4.74 Å². The fourth-order valence-corrected chi connectivity index (χ4v) is 1.58. The minimum atomic E-state index is 0.183. The molecule has 1 fully saturated rings. The fourth-order valence-electron chi connectivity index (χ4n) is 1.58. The highest BCUT2D eigenvalue weighted by Crippen LogP contribution is 2.31. The number of benzene rings is 1. The zero-order valence-corrected chi connectivity index (χ0v) is 8.90. The summed E-state index contributed by atoms with van der Waals surface area (Å²) in [5, 5.41) is 0. The SMILES string of the molecule is CCCOc1ccccc1N1CCC1=O. The molecule has 3 nitrogen and oxygen atoms in total. The largest absolute Gasteiger partial charge is 0.491 e. The Morgan fingerprint density at radius 1 is 1.40 bits per heavy atom. The topological polar surface area (TPSA) is 29.5 Å². The van der Waals surface area contributed by atoms with Crippen molar-refractivity contribution in [2.45, 2.75) is 19.8 Å². The third-order valence-electron chi connectivity index (χ3n) is 2.47. The second kappa shape index (κ2) is 4.34. The molecule has 0 aromatic heterocycles. The third kappa shape index (κ3) is 1.96. The fraction of sp³-hybridized carbons (Fsp3) is 0.417. The second-order valence-corrected chi connectivity index (χ2v) is 3.61. The average Bonchev–Trinajstić information content (AvgIpc) is 2.26. The molecule has 15 heavy (non-hydrogen) atoms. The number of carbonyl (C=O) groups excluding carboxylic acids is 1. The average molecular weight is 205 g/mol. The zero-order valence-electron chi connectivity index (χ0n) is 8.90. The second-order valence-electron chi connectivity index (χ2n) is 3.61. The summed E-state index contributed by atoms with van der Waals surface area (Å²) in [7, 11) is 0. The van der Waals surface area contributed by atoms with Crippen LogP contribution in [-0.4, -0.2) is 19.1 Å². The molecule has 1 aliphatic heterocycles. The van der Waals surface area contributed by atoms with E-state index >= 15 is 0 Å². The molecule has 0 saturated carbocycles. The summed E-state index contributed by atoms with van der Waals surface area (Å²) in [5.74, 6) is 0.995. The number of anilines is 1. The van der Waals surface area contributed by atoms with E-state index in [0.717, 1.165) is 24.4 Å². The molecule has 0 unspecified atom stereocenters. The van der Waals surface area contributed by atoms with Gasteiger partial charge in [0.1, 0.15) is 5.75 Å². The number of nitrogens with zero attached hydrogens (tertiary/aromatic N) is 1. The number of amides is 1. The van der Waals surface area contributed by atoms with Crippen molar-refractivity contribution < 1.29 is 9.53 Å². The van der Waals surface area contributed by atoms with Gasteiger partial charge in [-0.15, -0.1) is 0 Å². The van der Waals surface area contributed by atoms with Crippen molar-refractivity contribution in [3.63, 3.8) is 0 Å². The first-order valence-electron chi connectivity index (χ1n) is 5.35. The Hall–Kier alpha value is -1.51. The third-order valence-corrected chi connectivity index (χ3v) is 2.47. The van der Waals surface area contributed by atoms with E-state index in [1.54, 1.807) is 4.90 Å². The Kier molecular flexibility index (Phi) is 2.90. The number of ether oxygens (including phenoxy) is 1. The number of β-lactam (4-membered cyclic amide) rings is 1. The monoisotopic (exact) mass is 205 g/mol. The zero-order chi connectivity index (χ0) is 10.7. The van der Waals surface area contributed by atoms with Gasteiger partial charge in [0, 0.05) is 13.0 Å². The van der Waals surface area contributed by atoms with Crippen molar-refractivity contribution in [2.24, 2.45) is 0 Å². The van der Waals surface area contributed by atoms with Gasteiger partial charge in [-0.05, 0) is 18.6 Å². The molecular formula is C12H15NO2. The minimum absolute atomic E-state index is 0.183. The van der Waals surface area contributed by atoms with E-state index in [1.165, 1.54) is 0 Å². The molecule has 3 heteroatoms. The van der Waals surface area contributed by atoms with Crippen LogP contribution in [0.4, 0.5) is 5.69 Å². The van der Waals surface area contributed by atoms with Gasteiger partial charge in [-0.25, -0.2) is 0 Å². The molecule has 0 radical (unpaired) electrons. The van der Waals surface area contributed by atoms with Crippen LogP contribution in [0.2, 0.25) is 0 Å². The normalized spacial score (nSPS) is 15.0. The Morgan fingerprint density at radius 2 is 2.20 bits per heavy atom. The Bertz CT molecular complexity index is 362. The van der Waals surface area contributed by atoms with Crippen molar-refractivity contribution in [2.75, 3.05) is 18.1 Å². The molecule has 0 spiro atoms. The van der Waals surface area contributed by atoms with E-state index in [9.17, 15) is 4.79 Å². The molecule has 80 valence electrons. The number of rotatable bonds is 4. The van der Waals surface area contributed by atoms with Gasteiger partial charge < -0.3 is 9.64 Å².